The lowest BCUT2D eigenvalue weighted by atomic mass is 10.2. The van der Waals surface area contributed by atoms with E-state index in [2.05, 4.69) is 50.6 Å². The molecule has 4 heteroatoms. The highest BCUT2D eigenvalue weighted by Crippen LogP contribution is 2.20. The lowest BCUT2D eigenvalue weighted by molar-refractivity contribution is 0.712. The average molecular weight is 254 g/mol. The molecule has 0 spiro atoms. The first-order valence-electron chi connectivity index (χ1n) is 4.55. The number of fused-ring (bicyclic) bond motifs is 1. The number of benzene rings is 1. The molecule has 0 aliphatic carbocycles. The van der Waals surface area contributed by atoms with E-state index in [4.69, 9.17) is 5.73 Å². The summed E-state index contributed by atoms with van der Waals surface area (Å²) in [6.07, 6.45) is 0. The number of aryl methyl sites for hydroxylation is 1. The van der Waals surface area contributed by atoms with Crippen LogP contribution in [0.2, 0.25) is 0 Å². The summed E-state index contributed by atoms with van der Waals surface area (Å²) in [6.45, 7) is 3.48. The number of nitrogens with zero attached hydrogens (tertiary/aromatic N) is 2. The van der Waals surface area contributed by atoms with Crippen LogP contribution in [0, 0.1) is 6.92 Å². The Labute approximate surface area is 91.1 Å². The zero-order valence-electron chi connectivity index (χ0n) is 8.00. The molecule has 74 valence electrons. The van der Waals surface area contributed by atoms with Crippen LogP contribution in [-0.2, 0) is 6.54 Å². The SMILES string of the molecule is Cc1ccc2c(c1)nc(Br)n2CCN. The normalized spacial score (nSPS) is 11.1. The highest BCUT2D eigenvalue weighted by molar-refractivity contribution is 9.10. The molecule has 3 nitrogen and oxygen atoms in total. The minimum Gasteiger partial charge on any atom is -0.329 e. The average Bonchev–Trinajstić information content (AvgIpc) is 2.43. The smallest absolute Gasteiger partial charge is 0.178 e. The molecule has 2 N–H and O–H groups in total. The summed E-state index contributed by atoms with van der Waals surface area (Å²) in [5.41, 5.74) is 8.92. The fourth-order valence-corrected chi connectivity index (χ4v) is 2.11. The minimum absolute atomic E-state index is 0.623. The molecular formula is C10H12BrN3. The Morgan fingerprint density at radius 1 is 1.50 bits per heavy atom. The van der Waals surface area contributed by atoms with Crippen LogP contribution in [0.3, 0.4) is 0 Å². The molecule has 0 saturated carbocycles. The maximum absolute atomic E-state index is 5.54. The molecule has 14 heavy (non-hydrogen) atoms. The minimum atomic E-state index is 0.623. The van der Waals surface area contributed by atoms with Crippen LogP contribution in [0.5, 0.6) is 0 Å². The first-order valence-corrected chi connectivity index (χ1v) is 5.34. The summed E-state index contributed by atoms with van der Waals surface area (Å²) in [6, 6.07) is 6.24. The highest BCUT2D eigenvalue weighted by atomic mass is 79.9. The topological polar surface area (TPSA) is 43.8 Å². The predicted molar refractivity (Wildman–Crippen MR) is 61.2 cm³/mol. The van der Waals surface area contributed by atoms with Crippen molar-refractivity contribution in [1.29, 1.82) is 0 Å². The molecule has 1 aromatic carbocycles. The van der Waals surface area contributed by atoms with Crippen molar-refractivity contribution in [2.24, 2.45) is 5.73 Å². The Morgan fingerprint density at radius 3 is 3.00 bits per heavy atom. The van der Waals surface area contributed by atoms with E-state index in [9.17, 15) is 0 Å². The first kappa shape index (κ1) is 9.68. The third kappa shape index (κ3) is 1.55. The van der Waals surface area contributed by atoms with E-state index in [1.54, 1.807) is 0 Å². The van der Waals surface area contributed by atoms with Crippen molar-refractivity contribution in [2.45, 2.75) is 13.5 Å². The van der Waals surface area contributed by atoms with Gasteiger partial charge in [0.2, 0.25) is 0 Å². The summed E-state index contributed by atoms with van der Waals surface area (Å²) in [7, 11) is 0. The second-order valence-corrected chi connectivity index (χ2v) is 4.02. The number of nitrogens with two attached hydrogens (primary N) is 1. The number of hydrogen-bond acceptors (Lipinski definition) is 2. The lowest BCUT2D eigenvalue weighted by Gasteiger charge is -2.02. The van der Waals surface area contributed by atoms with E-state index in [1.807, 2.05) is 0 Å². The predicted octanol–water partition coefficient (Wildman–Crippen LogP) is 2.07. The third-order valence-corrected chi connectivity index (χ3v) is 2.82. The van der Waals surface area contributed by atoms with Gasteiger partial charge in [0.25, 0.3) is 0 Å². The summed E-state index contributed by atoms with van der Waals surface area (Å²) < 4.78 is 2.93. The molecular weight excluding hydrogens is 242 g/mol. The molecule has 0 bridgehead atoms. The fraction of sp³-hybridized carbons (Fsp3) is 0.300. The monoisotopic (exact) mass is 253 g/mol. The number of aromatic nitrogens is 2. The Hall–Kier alpha value is -0.870. The van der Waals surface area contributed by atoms with Crippen molar-refractivity contribution in [2.75, 3.05) is 6.54 Å². The van der Waals surface area contributed by atoms with Crippen LogP contribution in [0.1, 0.15) is 5.56 Å². The quantitative estimate of drug-likeness (QED) is 0.891. The maximum atomic E-state index is 5.54. The Morgan fingerprint density at radius 2 is 2.29 bits per heavy atom. The second kappa shape index (κ2) is 3.71. The van der Waals surface area contributed by atoms with Gasteiger partial charge in [-0.05, 0) is 40.5 Å². The Kier molecular flexibility index (Phi) is 2.56. The van der Waals surface area contributed by atoms with Gasteiger partial charge in [-0.15, -0.1) is 0 Å². The van der Waals surface area contributed by atoms with Gasteiger partial charge in [-0.2, -0.15) is 0 Å². The largest absolute Gasteiger partial charge is 0.329 e. The van der Waals surface area contributed by atoms with Crippen LogP contribution in [0.4, 0.5) is 0 Å². The van der Waals surface area contributed by atoms with E-state index in [-0.39, 0.29) is 0 Å². The van der Waals surface area contributed by atoms with Gasteiger partial charge in [0.05, 0.1) is 11.0 Å². The molecule has 0 aliphatic rings. The van der Waals surface area contributed by atoms with Crippen LogP contribution in [-0.4, -0.2) is 16.1 Å². The maximum Gasteiger partial charge on any atom is 0.178 e. The first-order chi connectivity index (χ1) is 6.72. The molecule has 2 rings (SSSR count). The van der Waals surface area contributed by atoms with Gasteiger partial charge < -0.3 is 10.3 Å². The van der Waals surface area contributed by atoms with Gasteiger partial charge in [-0.1, -0.05) is 6.07 Å². The van der Waals surface area contributed by atoms with E-state index in [1.165, 1.54) is 5.56 Å². The molecule has 2 aromatic rings. The Balaban J connectivity index is 2.64. The van der Waals surface area contributed by atoms with Crippen LogP contribution >= 0.6 is 15.9 Å². The molecule has 1 aromatic heterocycles. The van der Waals surface area contributed by atoms with E-state index in [0.29, 0.717) is 6.54 Å². The zero-order valence-corrected chi connectivity index (χ0v) is 9.58. The summed E-state index contributed by atoms with van der Waals surface area (Å²) in [5.74, 6) is 0. The van der Waals surface area contributed by atoms with Crippen molar-refractivity contribution < 1.29 is 0 Å². The van der Waals surface area contributed by atoms with Gasteiger partial charge in [-0.25, -0.2) is 4.98 Å². The number of rotatable bonds is 2. The van der Waals surface area contributed by atoms with Crippen molar-refractivity contribution >= 4 is 27.0 Å². The van der Waals surface area contributed by atoms with Crippen molar-refractivity contribution in [3.05, 3.63) is 28.5 Å². The number of halogens is 1. The van der Waals surface area contributed by atoms with Crippen molar-refractivity contribution in [3.63, 3.8) is 0 Å². The van der Waals surface area contributed by atoms with Gasteiger partial charge in [0.15, 0.2) is 4.73 Å². The number of imidazole rings is 1. The van der Waals surface area contributed by atoms with Gasteiger partial charge in [0, 0.05) is 13.1 Å². The lowest BCUT2D eigenvalue weighted by Crippen LogP contribution is -2.09. The summed E-state index contributed by atoms with van der Waals surface area (Å²) in [4.78, 5) is 4.42. The summed E-state index contributed by atoms with van der Waals surface area (Å²) >= 11 is 3.43. The van der Waals surface area contributed by atoms with Crippen LogP contribution in [0.15, 0.2) is 22.9 Å². The second-order valence-electron chi connectivity index (χ2n) is 3.31. The van der Waals surface area contributed by atoms with E-state index in [0.717, 1.165) is 22.3 Å². The molecule has 0 saturated heterocycles. The van der Waals surface area contributed by atoms with Crippen LogP contribution < -0.4 is 5.73 Å². The van der Waals surface area contributed by atoms with Gasteiger partial charge >= 0.3 is 0 Å². The van der Waals surface area contributed by atoms with Crippen molar-refractivity contribution in [3.8, 4) is 0 Å². The molecule has 0 amide bonds. The van der Waals surface area contributed by atoms with Gasteiger partial charge in [0.1, 0.15) is 0 Å². The number of hydrogen-bond donors (Lipinski definition) is 1. The van der Waals surface area contributed by atoms with E-state index < -0.39 is 0 Å². The standard InChI is InChI=1S/C10H12BrN3/c1-7-2-3-9-8(6-7)13-10(11)14(9)5-4-12/h2-3,6H,4-5,12H2,1H3. The van der Waals surface area contributed by atoms with Crippen molar-refractivity contribution in [1.82, 2.24) is 9.55 Å². The molecule has 0 aliphatic heterocycles. The highest BCUT2D eigenvalue weighted by Gasteiger charge is 2.06. The van der Waals surface area contributed by atoms with Crippen LogP contribution in [0.25, 0.3) is 11.0 Å². The van der Waals surface area contributed by atoms with Gasteiger partial charge in [-0.3, -0.25) is 0 Å². The molecule has 0 radical (unpaired) electrons. The molecule has 0 atom stereocenters. The zero-order chi connectivity index (χ0) is 10.1. The molecule has 0 fully saturated rings. The molecule has 1 heterocycles. The molecule has 0 unspecified atom stereocenters. The summed E-state index contributed by atoms with van der Waals surface area (Å²) in [5, 5.41) is 0. The fourth-order valence-electron chi connectivity index (χ4n) is 1.55. The third-order valence-electron chi connectivity index (χ3n) is 2.21. The Bertz CT molecular complexity index is 462. The van der Waals surface area contributed by atoms with E-state index >= 15 is 0 Å².